The predicted octanol–water partition coefficient (Wildman–Crippen LogP) is 3.06. The molecule has 0 amide bonds. The minimum Gasteiger partial charge on any atom is -0.491 e. The molecule has 0 spiro atoms. The van der Waals surface area contributed by atoms with Crippen LogP contribution in [0, 0.1) is 0 Å². The Morgan fingerprint density at radius 3 is 2.16 bits per heavy atom. The van der Waals surface area contributed by atoms with Crippen molar-refractivity contribution in [2.24, 2.45) is 10.8 Å². The van der Waals surface area contributed by atoms with Gasteiger partial charge in [0.05, 0.1) is 24.9 Å². The maximum atomic E-state index is 12.9. The van der Waals surface area contributed by atoms with E-state index in [1.807, 2.05) is 91.8 Å². The quantitative estimate of drug-likeness (QED) is 0.256. The standard InChI is InChI=1S/C36H45N9O4/c1-27(37)28(2)45-35(46)43(26-39-45)32-11-9-30(10-12-32)41-19-21-42(22-20-41)31-13-15-33(16-14-31)47-23-34-24-48-36(49-34,29-7-5-4-6-8-29)25-44-38-17-18-40(44)3/h4-17,26-28,34H,18-25,37H2,1-3H3. The van der Waals surface area contributed by atoms with Crippen molar-refractivity contribution in [3.05, 3.63) is 101 Å². The molecule has 0 bridgehead atoms. The van der Waals surface area contributed by atoms with Crippen molar-refractivity contribution in [3.63, 3.8) is 0 Å². The Morgan fingerprint density at radius 1 is 0.918 bits per heavy atom. The minimum atomic E-state index is -0.925. The van der Waals surface area contributed by atoms with Crippen LogP contribution in [0.2, 0.25) is 0 Å². The van der Waals surface area contributed by atoms with Gasteiger partial charge in [-0.3, -0.25) is 0 Å². The molecule has 258 valence electrons. The summed E-state index contributed by atoms with van der Waals surface area (Å²) in [5, 5.41) is 12.7. The van der Waals surface area contributed by atoms with E-state index in [9.17, 15) is 4.79 Å². The molecule has 4 atom stereocenters. The van der Waals surface area contributed by atoms with Gasteiger partial charge < -0.3 is 29.7 Å². The van der Waals surface area contributed by atoms with E-state index in [1.165, 1.54) is 10.4 Å². The van der Waals surface area contributed by atoms with Gasteiger partial charge in [-0.15, -0.1) is 0 Å². The van der Waals surface area contributed by atoms with Crippen LogP contribution in [-0.2, 0) is 15.3 Å². The van der Waals surface area contributed by atoms with Crippen LogP contribution < -0.4 is 26.0 Å². The normalized spacial score (nSPS) is 22.5. The SMILES string of the molecule is CC(N)C(C)n1ncn(-c2ccc(N3CCN(c4ccc(OCC5COC(CN6N=CCN6C)(c6ccccc6)O5)cc4)CC3)cc2)c1=O. The van der Waals surface area contributed by atoms with Crippen LogP contribution in [0.1, 0.15) is 25.5 Å². The number of nitrogens with zero attached hydrogens (tertiary/aromatic N) is 8. The summed E-state index contributed by atoms with van der Waals surface area (Å²) in [6.45, 7) is 9.37. The van der Waals surface area contributed by atoms with Crippen LogP contribution in [0.25, 0.3) is 5.69 Å². The lowest BCUT2D eigenvalue weighted by molar-refractivity contribution is -0.209. The Balaban J connectivity index is 0.910. The van der Waals surface area contributed by atoms with Gasteiger partial charge in [0.2, 0.25) is 5.79 Å². The molecule has 3 aromatic carbocycles. The highest BCUT2D eigenvalue weighted by molar-refractivity contribution is 5.60. The van der Waals surface area contributed by atoms with Gasteiger partial charge in [0.15, 0.2) is 0 Å². The van der Waals surface area contributed by atoms with Crippen molar-refractivity contribution in [2.75, 3.05) is 69.3 Å². The Bertz CT molecular complexity index is 1770. The van der Waals surface area contributed by atoms with Crippen molar-refractivity contribution in [3.8, 4) is 11.4 Å². The summed E-state index contributed by atoms with van der Waals surface area (Å²) >= 11 is 0. The topological polar surface area (TPSA) is 119 Å². The van der Waals surface area contributed by atoms with E-state index in [4.69, 9.17) is 19.9 Å². The number of benzene rings is 3. The lowest BCUT2D eigenvalue weighted by atomic mass is 10.1. The third kappa shape index (κ3) is 6.92. The molecule has 13 nitrogen and oxygen atoms in total. The number of hydrogen-bond acceptors (Lipinski definition) is 11. The molecule has 4 aromatic rings. The number of anilines is 2. The first-order chi connectivity index (χ1) is 23.8. The lowest BCUT2D eigenvalue weighted by Crippen LogP contribution is -2.46. The smallest absolute Gasteiger partial charge is 0.350 e. The molecular formula is C36H45N9O4. The van der Waals surface area contributed by atoms with Crippen LogP contribution in [0.15, 0.2) is 95.1 Å². The van der Waals surface area contributed by atoms with Gasteiger partial charge in [0.25, 0.3) is 0 Å². The molecule has 0 radical (unpaired) electrons. The third-order valence-electron chi connectivity index (χ3n) is 9.63. The fourth-order valence-electron chi connectivity index (χ4n) is 6.43. The van der Waals surface area contributed by atoms with E-state index >= 15 is 0 Å². The first-order valence-electron chi connectivity index (χ1n) is 16.9. The fourth-order valence-corrected chi connectivity index (χ4v) is 6.43. The van der Waals surface area contributed by atoms with Crippen molar-refractivity contribution in [2.45, 2.75) is 37.8 Å². The zero-order chi connectivity index (χ0) is 34.0. The zero-order valence-corrected chi connectivity index (χ0v) is 28.3. The highest BCUT2D eigenvalue weighted by atomic mass is 16.8. The number of piperazine rings is 1. The van der Waals surface area contributed by atoms with Gasteiger partial charge in [0, 0.05) is 62.4 Å². The minimum absolute atomic E-state index is 0.174. The van der Waals surface area contributed by atoms with Crippen molar-refractivity contribution < 1.29 is 14.2 Å². The number of nitrogens with two attached hydrogens (primary N) is 1. The molecular weight excluding hydrogens is 622 g/mol. The van der Waals surface area contributed by atoms with Crippen LogP contribution in [0.5, 0.6) is 5.75 Å². The second kappa shape index (κ2) is 14.0. The molecule has 1 aromatic heterocycles. The summed E-state index contributed by atoms with van der Waals surface area (Å²) in [4.78, 5) is 17.7. The molecule has 49 heavy (non-hydrogen) atoms. The summed E-state index contributed by atoms with van der Waals surface area (Å²) in [6.07, 6.45) is 3.22. The molecule has 4 unspecified atom stereocenters. The maximum Gasteiger partial charge on any atom is 0.350 e. The van der Waals surface area contributed by atoms with Gasteiger partial charge in [0.1, 0.15) is 31.3 Å². The van der Waals surface area contributed by atoms with Gasteiger partial charge in [-0.25, -0.2) is 24.2 Å². The molecule has 0 saturated carbocycles. The van der Waals surface area contributed by atoms with E-state index < -0.39 is 5.79 Å². The fraction of sp³-hybridized carbons (Fsp3) is 0.417. The van der Waals surface area contributed by atoms with E-state index in [0.717, 1.165) is 55.4 Å². The first-order valence-corrected chi connectivity index (χ1v) is 16.9. The second-order valence-electron chi connectivity index (χ2n) is 13.0. The number of hydrazone groups is 1. The average molecular weight is 668 g/mol. The summed E-state index contributed by atoms with van der Waals surface area (Å²) < 4.78 is 22.1. The number of rotatable bonds is 11. The first kappa shape index (κ1) is 32.8. The highest BCUT2D eigenvalue weighted by Crippen LogP contribution is 2.36. The summed E-state index contributed by atoms with van der Waals surface area (Å²) in [7, 11) is 2.00. The molecule has 0 aliphatic carbocycles. The zero-order valence-electron chi connectivity index (χ0n) is 28.3. The molecule has 2 N–H and O–H groups in total. The van der Waals surface area contributed by atoms with Crippen LogP contribution in [-0.4, -0.2) is 102 Å². The Morgan fingerprint density at radius 2 is 1.55 bits per heavy atom. The van der Waals surface area contributed by atoms with Gasteiger partial charge in [-0.2, -0.15) is 10.2 Å². The molecule has 2 saturated heterocycles. The van der Waals surface area contributed by atoms with Gasteiger partial charge in [-0.1, -0.05) is 30.3 Å². The Hall–Kier alpha value is -4.69. The van der Waals surface area contributed by atoms with Gasteiger partial charge in [-0.05, 0) is 62.4 Å². The molecule has 13 heteroatoms. The number of aromatic nitrogens is 3. The highest BCUT2D eigenvalue weighted by Gasteiger charge is 2.46. The van der Waals surface area contributed by atoms with E-state index in [0.29, 0.717) is 19.8 Å². The molecule has 4 heterocycles. The number of hydrazine groups is 1. The number of ether oxygens (including phenoxy) is 3. The monoisotopic (exact) mass is 667 g/mol. The van der Waals surface area contributed by atoms with Crippen molar-refractivity contribution in [1.82, 2.24) is 24.5 Å². The Labute approximate surface area is 286 Å². The van der Waals surface area contributed by atoms with E-state index in [-0.39, 0.29) is 23.9 Å². The molecule has 2 fully saturated rings. The summed E-state index contributed by atoms with van der Waals surface area (Å²) in [6, 6.07) is 26.0. The summed E-state index contributed by atoms with van der Waals surface area (Å²) in [5.74, 6) is -0.130. The third-order valence-corrected chi connectivity index (χ3v) is 9.63. The Kier molecular flexibility index (Phi) is 9.41. The second-order valence-corrected chi connectivity index (χ2v) is 13.0. The molecule has 3 aliphatic rings. The maximum absolute atomic E-state index is 12.9. The average Bonchev–Trinajstić information content (AvgIpc) is 3.86. The molecule has 7 rings (SSSR count). The lowest BCUT2D eigenvalue weighted by Gasteiger charge is -2.37. The largest absolute Gasteiger partial charge is 0.491 e. The number of hydrogen-bond donors (Lipinski definition) is 1. The predicted molar refractivity (Wildman–Crippen MR) is 189 cm³/mol. The molecule has 3 aliphatic heterocycles. The van der Waals surface area contributed by atoms with Crippen molar-refractivity contribution in [1.29, 1.82) is 0 Å². The van der Waals surface area contributed by atoms with Crippen LogP contribution >= 0.6 is 0 Å². The van der Waals surface area contributed by atoms with Gasteiger partial charge >= 0.3 is 5.69 Å². The van der Waals surface area contributed by atoms with Crippen molar-refractivity contribution >= 4 is 17.6 Å². The van der Waals surface area contributed by atoms with Crippen LogP contribution in [0.3, 0.4) is 0 Å². The summed E-state index contributed by atoms with van der Waals surface area (Å²) in [5.41, 5.74) is 9.83. The van der Waals surface area contributed by atoms with Crippen LogP contribution in [0.4, 0.5) is 11.4 Å². The van der Waals surface area contributed by atoms with E-state index in [2.05, 4.69) is 44.3 Å². The van der Waals surface area contributed by atoms with E-state index in [1.54, 1.807) is 10.9 Å².